The lowest BCUT2D eigenvalue weighted by Crippen LogP contribution is -2.44. The Hall–Kier alpha value is -2.61. The molecule has 3 heterocycles. The maximum atomic E-state index is 13.3. The Morgan fingerprint density at radius 2 is 1.97 bits per heavy atom. The molecular formula is C28H37N3O4. The number of hydrogen-bond donors (Lipinski definition) is 1. The predicted octanol–water partition coefficient (Wildman–Crippen LogP) is 2.66. The lowest BCUT2D eigenvalue weighted by atomic mass is 9.99. The molecule has 1 saturated heterocycles. The molecule has 3 aliphatic rings. The van der Waals surface area contributed by atoms with Gasteiger partial charge < -0.3 is 24.4 Å². The van der Waals surface area contributed by atoms with Crippen molar-refractivity contribution in [2.75, 3.05) is 59.5 Å². The zero-order valence-electron chi connectivity index (χ0n) is 20.7. The topological polar surface area (TPSA) is 65.5 Å². The molecule has 7 nitrogen and oxygen atoms in total. The minimum Gasteiger partial charge on any atom is -0.493 e. The van der Waals surface area contributed by atoms with Crippen LogP contribution in [0.15, 0.2) is 42.5 Å². The number of piperidine rings is 1. The third-order valence-corrected chi connectivity index (χ3v) is 7.41. The molecule has 0 aliphatic carbocycles. The van der Waals surface area contributed by atoms with Crippen LogP contribution in [0.25, 0.3) is 0 Å². The minimum atomic E-state index is -0.609. The number of amides is 1. The number of hydrogen-bond acceptors (Lipinski definition) is 6. The summed E-state index contributed by atoms with van der Waals surface area (Å²) >= 11 is 0. The molecule has 1 N–H and O–H groups in total. The van der Waals surface area contributed by atoms with E-state index in [1.807, 2.05) is 12.1 Å². The Labute approximate surface area is 208 Å². The molecule has 7 heteroatoms. The number of rotatable bonds is 7. The van der Waals surface area contributed by atoms with Gasteiger partial charge in [0.15, 0.2) is 0 Å². The van der Waals surface area contributed by atoms with Crippen LogP contribution in [0.1, 0.15) is 34.3 Å². The zero-order valence-corrected chi connectivity index (χ0v) is 20.7. The summed E-state index contributed by atoms with van der Waals surface area (Å²) in [5, 5.41) is 10.8. The Morgan fingerprint density at radius 3 is 2.83 bits per heavy atom. The number of nitrogens with zero attached hydrogens (tertiary/aromatic N) is 3. The van der Waals surface area contributed by atoms with Crippen LogP contribution < -0.4 is 9.47 Å². The van der Waals surface area contributed by atoms with Gasteiger partial charge in [0.05, 0.1) is 24.8 Å². The summed E-state index contributed by atoms with van der Waals surface area (Å²) in [4.78, 5) is 19.6. The van der Waals surface area contributed by atoms with Crippen LogP contribution in [0, 0.1) is 5.92 Å². The van der Waals surface area contributed by atoms with E-state index in [0.717, 1.165) is 38.3 Å². The molecule has 1 amide bonds. The van der Waals surface area contributed by atoms with Crippen molar-refractivity contribution in [1.82, 2.24) is 14.7 Å². The van der Waals surface area contributed by atoms with Crippen molar-refractivity contribution in [2.24, 2.45) is 5.92 Å². The van der Waals surface area contributed by atoms with Gasteiger partial charge in [-0.1, -0.05) is 24.3 Å². The maximum Gasteiger partial charge on any atom is 0.257 e. The highest BCUT2D eigenvalue weighted by molar-refractivity contribution is 5.97. The molecule has 2 unspecified atom stereocenters. The van der Waals surface area contributed by atoms with Gasteiger partial charge in [-0.05, 0) is 56.1 Å². The number of aliphatic hydroxyl groups excluding tert-OH is 1. The van der Waals surface area contributed by atoms with Gasteiger partial charge in [0.25, 0.3) is 5.91 Å². The van der Waals surface area contributed by atoms with E-state index in [1.54, 1.807) is 11.0 Å². The second-order valence-electron chi connectivity index (χ2n) is 10.2. The summed E-state index contributed by atoms with van der Waals surface area (Å²) in [6.45, 7) is 6.36. The summed E-state index contributed by atoms with van der Waals surface area (Å²) in [5.74, 6) is 1.74. The SMILES string of the molecule is CN1CCCC(COc2ccc3c(c2)OCCN(CC(O)CN2CCc4ccccc4C2)C3=O)C1. The molecule has 1 fully saturated rings. The number of fused-ring (bicyclic) bond motifs is 2. The molecule has 35 heavy (non-hydrogen) atoms. The smallest absolute Gasteiger partial charge is 0.257 e. The highest BCUT2D eigenvalue weighted by Gasteiger charge is 2.27. The minimum absolute atomic E-state index is 0.0963. The fourth-order valence-electron chi connectivity index (χ4n) is 5.54. The number of likely N-dealkylation sites (tertiary alicyclic amines) is 1. The molecule has 2 aromatic carbocycles. The molecule has 3 aliphatic heterocycles. The van der Waals surface area contributed by atoms with Crippen LogP contribution in [0.3, 0.4) is 0 Å². The molecule has 0 bridgehead atoms. The molecule has 2 atom stereocenters. The normalized spacial score (nSPS) is 22.1. The van der Waals surface area contributed by atoms with Crippen molar-refractivity contribution >= 4 is 5.91 Å². The predicted molar refractivity (Wildman–Crippen MR) is 135 cm³/mol. The van der Waals surface area contributed by atoms with Crippen molar-refractivity contribution in [3.05, 3.63) is 59.2 Å². The lowest BCUT2D eigenvalue weighted by molar-refractivity contribution is 0.0501. The van der Waals surface area contributed by atoms with Crippen LogP contribution in [-0.4, -0.2) is 91.3 Å². The van der Waals surface area contributed by atoms with Gasteiger partial charge in [0.2, 0.25) is 0 Å². The van der Waals surface area contributed by atoms with Gasteiger partial charge in [-0.15, -0.1) is 0 Å². The molecule has 188 valence electrons. The van der Waals surface area contributed by atoms with Gasteiger partial charge in [-0.2, -0.15) is 0 Å². The van der Waals surface area contributed by atoms with Crippen LogP contribution in [0.2, 0.25) is 0 Å². The first-order valence-electron chi connectivity index (χ1n) is 12.9. The molecule has 2 aromatic rings. The summed E-state index contributed by atoms with van der Waals surface area (Å²) in [6, 6.07) is 14.0. The number of ether oxygens (including phenoxy) is 2. The Balaban J connectivity index is 1.16. The monoisotopic (exact) mass is 479 g/mol. The first-order valence-corrected chi connectivity index (χ1v) is 12.9. The van der Waals surface area contributed by atoms with Gasteiger partial charge in [0, 0.05) is 44.7 Å². The number of carbonyl (C=O) groups is 1. The van der Waals surface area contributed by atoms with Crippen molar-refractivity contribution in [3.8, 4) is 11.5 Å². The van der Waals surface area contributed by atoms with E-state index >= 15 is 0 Å². The summed E-state index contributed by atoms with van der Waals surface area (Å²) in [7, 11) is 2.16. The summed E-state index contributed by atoms with van der Waals surface area (Å²) < 4.78 is 12.0. The quantitative estimate of drug-likeness (QED) is 0.659. The highest BCUT2D eigenvalue weighted by atomic mass is 16.5. The molecule has 0 radical (unpaired) electrons. The van der Waals surface area contributed by atoms with Gasteiger partial charge in [0.1, 0.15) is 18.1 Å². The highest BCUT2D eigenvalue weighted by Crippen LogP contribution is 2.29. The zero-order chi connectivity index (χ0) is 24.2. The third kappa shape index (κ3) is 5.97. The van der Waals surface area contributed by atoms with Crippen LogP contribution in [0.4, 0.5) is 0 Å². The van der Waals surface area contributed by atoms with Crippen molar-refractivity contribution < 1.29 is 19.4 Å². The lowest BCUT2D eigenvalue weighted by Gasteiger charge is -2.32. The first-order chi connectivity index (χ1) is 17.0. The maximum absolute atomic E-state index is 13.3. The molecular weight excluding hydrogens is 442 g/mol. The average Bonchev–Trinajstić information content (AvgIpc) is 3.01. The standard InChI is InChI=1S/C28H37N3O4/c1-29-11-4-5-21(16-29)20-35-25-8-9-26-27(15-25)34-14-13-31(28(26)33)19-24(32)18-30-12-10-22-6-2-3-7-23(22)17-30/h2-3,6-9,15,21,24,32H,4-5,10-14,16-20H2,1H3. The number of carbonyl (C=O) groups excluding carboxylic acids is 1. The Kier molecular flexibility index (Phi) is 7.56. The van der Waals surface area contributed by atoms with Crippen LogP contribution in [-0.2, 0) is 13.0 Å². The third-order valence-electron chi connectivity index (χ3n) is 7.41. The van der Waals surface area contributed by atoms with Crippen LogP contribution in [0.5, 0.6) is 11.5 Å². The summed E-state index contributed by atoms with van der Waals surface area (Å²) in [5.41, 5.74) is 3.25. The van der Waals surface area contributed by atoms with E-state index in [0.29, 0.717) is 50.1 Å². The van der Waals surface area contributed by atoms with Gasteiger partial charge in [-0.3, -0.25) is 9.69 Å². The number of benzene rings is 2. The van der Waals surface area contributed by atoms with E-state index in [2.05, 4.69) is 41.1 Å². The fraction of sp³-hybridized carbons (Fsp3) is 0.536. The van der Waals surface area contributed by atoms with Gasteiger partial charge >= 0.3 is 0 Å². The van der Waals surface area contributed by atoms with E-state index in [9.17, 15) is 9.90 Å². The molecule has 0 aromatic heterocycles. The molecule has 0 saturated carbocycles. The van der Waals surface area contributed by atoms with Crippen LogP contribution >= 0.6 is 0 Å². The number of aliphatic hydroxyl groups is 1. The van der Waals surface area contributed by atoms with Crippen molar-refractivity contribution in [3.63, 3.8) is 0 Å². The van der Waals surface area contributed by atoms with E-state index in [-0.39, 0.29) is 5.91 Å². The van der Waals surface area contributed by atoms with Gasteiger partial charge in [-0.25, -0.2) is 0 Å². The second kappa shape index (κ2) is 11.0. The van der Waals surface area contributed by atoms with E-state index in [4.69, 9.17) is 9.47 Å². The Bertz CT molecular complexity index is 1030. The van der Waals surface area contributed by atoms with Crippen molar-refractivity contribution in [2.45, 2.75) is 31.9 Å². The second-order valence-corrected chi connectivity index (χ2v) is 10.2. The fourth-order valence-corrected chi connectivity index (χ4v) is 5.54. The molecule has 5 rings (SSSR count). The van der Waals surface area contributed by atoms with E-state index in [1.165, 1.54) is 24.0 Å². The summed E-state index contributed by atoms with van der Waals surface area (Å²) in [6.07, 6.45) is 2.78. The van der Waals surface area contributed by atoms with E-state index < -0.39 is 6.10 Å². The average molecular weight is 480 g/mol. The van der Waals surface area contributed by atoms with Crippen molar-refractivity contribution in [1.29, 1.82) is 0 Å². The number of β-amino-alcohol motifs (C(OH)–C–C–N with tert-alkyl or cyclic N) is 1. The molecule has 0 spiro atoms. The largest absolute Gasteiger partial charge is 0.493 e. The Morgan fingerprint density at radius 1 is 1.11 bits per heavy atom. The first kappa shape index (κ1) is 24.1.